The van der Waals surface area contributed by atoms with E-state index in [9.17, 15) is 0 Å². The van der Waals surface area contributed by atoms with E-state index < -0.39 is 0 Å². The number of hydrogen-bond acceptors (Lipinski definition) is 3. The second kappa shape index (κ2) is 10.3. The second-order valence-corrected chi connectivity index (χ2v) is 6.97. The molecule has 5 nitrogen and oxygen atoms in total. The fraction of sp³-hybridized carbons (Fsp3) is 0.650. The van der Waals surface area contributed by atoms with E-state index in [0.29, 0.717) is 25.2 Å². The summed E-state index contributed by atoms with van der Waals surface area (Å²) in [5, 5.41) is 6.92. The molecule has 1 aliphatic heterocycles. The fourth-order valence-corrected chi connectivity index (χ4v) is 3.10. The van der Waals surface area contributed by atoms with Crippen molar-refractivity contribution in [2.45, 2.75) is 52.6 Å². The first kappa shape index (κ1) is 19.6. The summed E-state index contributed by atoms with van der Waals surface area (Å²) in [5.41, 5.74) is 1.21. The Morgan fingerprint density at radius 3 is 2.72 bits per heavy atom. The number of ether oxygens (including phenoxy) is 1. The fourth-order valence-electron chi connectivity index (χ4n) is 3.10. The molecule has 0 saturated carbocycles. The first-order valence-electron chi connectivity index (χ1n) is 9.57. The molecule has 0 aromatic heterocycles. The van der Waals surface area contributed by atoms with E-state index >= 15 is 0 Å². The summed E-state index contributed by atoms with van der Waals surface area (Å²) >= 11 is 0. The largest absolute Gasteiger partial charge is 0.492 e. The lowest BCUT2D eigenvalue weighted by atomic mass is 10.0. The van der Waals surface area contributed by atoms with Gasteiger partial charge in [0.05, 0.1) is 6.54 Å². The van der Waals surface area contributed by atoms with Crippen LogP contribution >= 0.6 is 0 Å². The lowest BCUT2D eigenvalue weighted by Gasteiger charge is -2.35. The van der Waals surface area contributed by atoms with E-state index in [1.165, 1.54) is 18.4 Å². The molecule has 1 aromatic rings. The summed E-state index contributed by atoms with van der Waals surface area (Å²) in [4.78, 5) is 7.19. The Balaban J connectivity index is 1.76. The third-order valence-electron chi connectivity index (χ3n) is 4.56. The number of piperidine rings is 1. The average Bonchev–Trinajstić information content (AvgIpc) is 2.59. The summed E-state index contributed by atoms with van der Waals surface area (Å²) in [6, 6.07) is 9.27. The Morgan fingerprint density at radius 2 is 2.08 bits per heavy atom. The molecule has 2 N–H and O–H groups in total. The van der Waals surface area contributed by atoms with Crippen molar-refractivity contribution in [1.29, 1.82) is 0 Å². The number of nitrogens with zero attached hydrogens (tertiary/aromatic N) is 2. The van der Waals surface area contributed by atoms with Crippen molar-refractivity contribution in [3.63, 3.8) is 0 Å². The first-order valence-corrected chi connectivity index (χ1v) is 9.57. The molecule has 0 aliphatic carbocycles. The Morgan fingerprint density at radius 1 is 1.32 bits per heavy atom. The normalized spacial score (nSPS) is 16.9. The molecule has 0 bridgehead atoms. The van der Waals surface area contributed by atoms with Crippen molar-refractivity contribution < 1.29 is 4.74 Å². The minimum absolute atomic E-state index is 0.505. The maximum Gasteiger partial charge on any atom is 0.191 e. The summed E-state index contributed by atoms with van der Waals surface area (Å²) in [5.74, 6) is 1.81. The number of benzene rings is 1. The van der Waals surface area contributed by atoms with Gasteiger partial charge in [-0.05, 0) is 58.2 Å². The zero-order valence-corrected chi connectivity index (χ0v) is 16.2. The molecule has 0 spiro atoms. The van der Waals surface area contributed by atoms with Crippen LogP contribution in [0.15, 0.2) is 29.3 Å². The lowest BCUT2D eigenvalue weighted by Crippen LogP contribution is -2.50. The molecule has 1 heterocycles. The Bertz CT molecular complexity index is 536. The number of nitrogens with one attached hydrogen (secondary N) is 2. The highest BCUT2D eigenvalue weighted by Gasteiger charge is 2.21. The minimum Gasteiger partial charge on any atom is -0.492 e. The predicted octanol–water partition coefficient (Wildman–Crippen LogP) is 2.80. The van der Waals surface area contributed by atoms with E-state index in [1.54, 1.807) is 0 Å². The van der Waals surface area contributed by atoms with Crippen LogP contribution in [0, 0.1) is 6.92 Å². The van der Waals surface area contributed by atoms with E-state index in [2.05, 4.69) is 60.4 Å². The Labute approximate surface area is 152 Å². The van der Waals surface area contributed by atoms with Crippen molar-refractivity contribution in [3.05, 3.63) is 29.8 Å². The monoisotopic (exact) mass is 346 g/mol. The van der Waals surface area contributed by atoms with Gasteiger partial charge in [-0.1, -0.05) is 12.1 Å². The quantitative estimate of drug-likeness (QED) is 0.453. The lowest BCUT2D eigenvalue weighted by molar-refractivity contribution is 0.167. The number of rotatable bonds is 7. The second-order valence-electron chi connectivity index (χ2n) is 6.97. The number of aliphatic imine (C=N–C) groups is 1. The van der Waals surface area contributed by atoms with Crippen LogP contribution in [0.4, 0.5) is 0 Å². The SMILES string of the molecule is CCNC(=NCCOc1cccc(C)c1)NC1CCN(C(C)C)CC1. The van der Waals surface area contributed by atoms with Gasteiger partial charge >= 0.3 is 0 Å². The van der Waals surface area contributed by atoms with Gasteiger partial charge in [0.25, 0.3) is 0 Å². The number of likely N-dealkylation sites (tertiary alicyclic amines) is 1. The van der Waals surface area contributed by atoms with Gasteiger partial charge in [0.2, 0.25) is 0 Å². The molecule has 0 amide bonds. The molecule has 0 radical (unpaired) electrons. The smallest absolute Gasteiger partial charge is 0.191 e. The Hall–Kier alpha value is -1.75. The standard InChI is InChI=1S/C20H34N4O/c1-5-21-20(23-18-9-12-24(13-10-18)16(2)3)22-11-14-25-19-8-6-7-17(4)15-19/h6-8,15-16,18H,5,9-14H2,1-4H3,(H2,21,22,23). The summed E-state index contributed by atoms with van der Waals surface area (Å²) in [6.07, 6.45) is 2.34. The number of aryl methyl sites for hydroxylation is 1. The summed E-state index contributed by atoms with van der Waals surface area (Å²) in [6.45, 7) is 13.1. The summed E-state index contributed by atoms with van der Waals surface area (Å²) in [7, 11) is 0. The molecule has 0 atom stereocenters. The molecule has 1 aromatic carbocycles. The molecule has 5 heteroatoms. The van der Waals surface area contributed by atoms with Gasteiger partial charge in [0, 0.05) is 31.7 Å². The van der Waals surface area contributed by atoms with Gasteiger partial charge in [0.15, 0.2) is 5.96 Å². The van der Waals surface area contributed by atoms with E-state index in [4.69, 9.17) is 4.74 Å². The van der Waals surface area contributed by atoms with Crippen LogP contribution in [-0.4, -0.2) is 55.7 Å². The zero-order valence-electron chi connectivity index (χ0n) is 16.2. The van der Waals surface area contributed by atoms with E-state index in [-0.39, 0.29) is 0 Å². The first-order chi connectivity index (χ1) is 12.1. The van der Waals surface area contributed by atoms with Crippen LogP contribution in [0.25, 0.3) is 0 Å². The average molecular weight is 347 g/mol. The van der Waals surface area contributed by atoms with Crippen LogP contribution < -0.4 is 15.4 Å². The van der Waals surface area contributed by atoms with Gasteiger partial charge in [-0.2, -0.15) is 0 Å². The highest BCUT2D eigenvalue weighted by atomic mass is 16.5. The molecule has 1 saturated heterocycles. The molecule has 25 heavy (non-hydrogen) atoms. The van der Waals surface area contributed by atoms with Gasteiger partial charge in [-0.3, -0.25) is 0 Å². The molecule has 0 unspecified atom stereocenters. The van der Waals surface area contributed by atoms with Crippen molar-refractivity contribution in [2.24, 2.45) is 4.99 Å². The van der Waals surface area contributed by atoms with Crippen LogP contribution in [-0.2, 0) is 0 Å². The van der Waals surface area contributed by atoms with E-state index in [0.717, 1.165) is 31.3 Å². The topological polar surface area (TPSA) is 48.9 Å². The minimum atomic E-state index is 0.505. The maximum absolute atomic E-state index is 5.78. The van der Waals surface area contributed by atoms with Crippen molar-refractivity contribution in [2.75, 3.05) is 32.8 Å². The zero-order chi connectivity index (χ0) is 18.1. The van der Waals surface area contributed by atoms with Crippen LogP contribution in [0.5, 0.6) is 5.75 Å². The third-order valence-corrected chi connectivity index (χ3v) is 4.56. The molecule has 140 valence electrons. The van der Waals surface area contributed by atoms with Crippen molar-refractivity contribution in [3.8, 4) is 5.75 Å². The highest BCUT2D eigenvalue weighted by molar-refractivity contribution is 5.80. The molecule has 1 fully saturated rings. The maximum atomic E-state index is 5.78. The van der Waals surface area contributed by atoms with Crippen LogP contribution in [0.3, 0.4) is 0 Å². The molecular formula is C20H34N4O. The number of hydrogen-bond donors (Lipinski definition) is 2. The molecule has 2 rings (SSSR count). The van der Waals surface area contributed by atoms with Crippen molar-refractivity contribution in [1.82, 2.24) is 15.5 Å². The van der Waals surface area contributed by atoms with Gasteiger partial charge < -0.3 is 20.3 Å². The predicted molar refractivity (Wildman–Crippen MR) is 106 cm³/mol. The third kappa shape index (κ3) is 6.94. The highest BCUT2D eigenvalue weighted by Crippen LogP contribution is 2.13. The molecular weight excluding hydrogens is 312 g/mol. The van der Waals surface area contributed by atoms with Gasteiger partial charge in [-0.15, -0.1) is 0 Å². The van der Waals surface area contributed by atoms with E-state index in [1.807, 2.05) is 12.1 Å². The summed E-state index contributed by atoms with van der Waals surface area (Å²) < 4.78 is 5.78. The number of guanidine groups is 1. The molecule has 1 aliphatic rings. The van der Waals surface area contributed by atoms with Gasteiger partial charge in [0.1, 0.15) is 12.4 Å². The van der Waals surface area contributed by atoms with Crippen molar-refractivity contribution >= 4 is 5.96 Å². The van der Waals surface area contributed by atoms with Gasteiger partial charge in [-0.25, -0.2) is 4.99 Å². The van der Waals surface area contributed by atoms with Crippen LogP contribution in [0.2, 0.25) is 0 Å². The van der Waals surface area contributed by atoms with Crippen LogP contribution in [0.1, 0.15) is 39.2 Å². The Kier molecular flexibility index (Phi) is 8.06.